The van der Waals surface area contributed by atoms with Crippen molar-refractivity contribution in [3.63, 3.8) is 0 Å². The van der Waals surface area contributed by atoms with E-state index < -0.39 is 0 Å². The molecule has 26 heavy (non-hydrogen) atoms. The summed E-state index contributed by atoms with van der Waals surface area (Å²) < 4.78 is 10.6. The van der Waals surface area contributed by atoms with Crippen molar-refractivity contribution in [2.24, 2.45) is 0 Å². The molecule has 2 aromatic rings. The molecule has 0 unspecified atom stereocenters. The predicted octanol–water partition coefficient (Wildman–Crippen LogP) is 3.27. The summed E-state index contributed by atoms with van der Waals surface area (Å²) in [6.07, 6.45) is 0.859. The van der Waals surface area contributed by atoms with Crippen LogP contribution in [0.1, 0.15) is 34.1 Å². The number of carbonyl (C=O) groups excluding carboxylic acids is 1. The molecule has 0 aliphatic carbocycles. The first-order valence-electron chi connectivity index (χ1n) is 8.43. The average Bonchev–Trinajstić information content (AvgIpc) is 3.08. The standard InChI is InChI=1S/C18H26N4O3S/c1-7-18(3,4)20-16(23)11(2)26-17-19-15(21-22-17)13-9-8-12(24-5)10-14(13)25-6/h8-11H,7H2,1-6H3,(H,20,23)(H,19,21,22)/t11-/m1/s1. The van der Waals surface area contributed by atoms with Crippen molar-refractivity contribution in [2.75, 3.05) is 14.2 Å². The first kappa shape index (κ1) is 20.1. The van der Waals surface area contributed by atoms with Crippen LogP contribution < -0.4 is 14.8 Å². The highest BCUT2D eigenvalue weighted by atomic mass is 32.2. The molecule has 0 aliphatic heterocycles. The Balaban J connectivity index is 2.12. The van der Waals surface area contributed by atoms with E-state index >= 15 is 0 Å². The van der Waals surface area contributed by atoms with Crippen LogP contribution in [0.15, 0.2) is 23.4 Å². The predicted molar refractivity (Wildman–Crippen MR) is 103 cm³/mol. The number of H-pyrrole nitrogens is 1. The highest BCUT2D eigenvalue weighted by molar-refractivity contribution is 8.00. The number of methoxy groups -OCH3 is 2. The second kappa shape index (κ2) is 8.44. The molecule has 2 N–H and O–H groups in total. The summed E-state index contributed by atoms with van der Waals surface area (Å²) in [5, 5.41) is 10.4. The van der Waals surface area contributed by atoms with Gasteiger partial charge in [0.2, 0.25) is 11.1 Å². The van der Waals surface area contributed by atoms with Crippen LogP contribution in [0.3, 0.4) is 0 Å². The summed E-state index contributed by atoms with van der Waals surface area (Å²) in [5.74, 6) is 1.87. The minimum atomic E-state index is -0.303. The summed E-state index contributed by atoms with van der Waals surface area (Å²) in [6.45, 7) is 7.89. The number of rotatable bonds is 8. The molecule has 1 atom stereocenters. The van der Waals surface area contributed by atoms with Crippen LogP contribution in [0, 0.1) is 0 Å². The zero-order valence-corrected chi connectivity index (χ0v) is 16.9. The van der Waals surface area contributed by atoms with Gasteiger partial charge in [-0.15, -0.1) is 5.10 Å². The van der Waals surface area contributed by atoms with Crippen molar-refractivity contribution >= 4 is 17.7 Å². The maximum absolute atomic E-state index is 12.3. The molecule has 0 bridgehead atoms. The molecule has 0 saturated carbocycles. The Morgan fingerprint density at radius 3 is 2.69 bits per heavy atom. The van der Waals surface area contributed by atoms with E-state index in [4.69, 9.17) is 9.47 Å². The molecule has 8 heteroatoms. The van der Waals surface area contributed by atoms with Crippen LogP contribution >= 0.6 is 11.8 Å². The molecule has 0 aliphatic rings. The van der Waals surface area contributed by atoms with E-state index in [1.165, 1.54) is 11.8 Å². The van der Waals surface area contributed by atoms with Crippen LogP contribution in [0.4, 0.5) is 0 Å². The Kier molecular flexibility index (Phi) is 6.52. The lowest BCUT2D eigenvalue weighted by Crippen LogP contribution is -2.46. The zero-order valence-electron chi connectivity index (χ0n) is 16.0. The van der Waals surface area contributed by atoms with E-state index in [2.05, 4.69) is 20.5 Å². The van der Waals surface area contributed by atoms with Gasteiger partial charge in [0, 0.05) is 11.6 Å². The number of aromatic nitrogens is 3. The molecular weight excluding hydrogens is 352 g/mol. The van der Waals surface area contributed by atoms with Crippen LogP contribution in [0.2, 0.25) is 0 Å². The van der Waals surface area contributed by atoms with Crippen LogP contribution in [-0.2, 0) is 4.79 Å². The minimum absolute atomic E-state index is 0.0322. The number of aromatic amines is 1. The lowest BCUT2D eigenvalue weighted by molar-refractivity contribution is -0.121. The van der Waals surface area contributed by atoms with Crippen molar-refractivity contribution < 1.29 is 14.3 Å². The zero-order chi connectivity index (χ0) is 19.3. The molecule has 1 amide bonds. The van der Waals surface area contributed by atoms with Gasteiger partial charge in [-0.1, -0.05) is 18.7 Å². The van der Waals surface area contributed by atoms with Gasteiger partial charge >= 0.3 is 0 Å². The Bertz CT molecular complexity index is 761. The smallest absolute Gasteiger partial charge is 0.233 e. The van der Waals surface area contributed by atoms with Gasteiger partial charge in [-0.2, -0.15) is 0 Å². The first-order chi connectivity index (χ1) is 12.3. The molecule has 2 rings (SSSR count). The number of nitrogens with one attached hydrogen (secondary N) is 2. The fourth-order valence-electron chi connectivity index (χ4n) is 2.15. The Morgan fingerprint density at radius 1 is 1.35 bits per heavy atom. The van der Waals surface area contributed by atoms with Gasteiger partial charge in [-0.3, -0.25) is 9.89 Å². The number of nitrogens with zero attached hydrogens (tertiary/aromatic N) is 2. The Hall–Kier alpha value is -2.22. The number of carbonyl (C=O) groups is 1. The van der Waals surface area contributed by atoms with Gasteiger partial charge in [0.15, 0.2) is 5.82 Å². The summed E-state index contributed by atoms with van der Waals surface area (Å²) in [4.78, 5) is 16.8. The first-order valence-corrected chi connectivity index (χ1v) is 9.31. The van der Waals surface area contributed by atoms with Gasteiger partial charge < -0.3 is 14.8 Å². The maximum Gasteiger partial charge on any atom is 0.233 e. The summed E-state index contributed by atoms with van der Waals surface area (Å²) >= 11 is 1.31. The van der Waals surface area contributed by atoms with E-state index in [1.807, 2.05) is 39.8 Å². The normalized spacial score (nSPS) is 12.5. The summed E-state index contributed by atoms with van der Waals surface area (Å²) in [5.41, 5.74) is 0.545. The lowest BCUT2D eigenvalue weighted by atomic mass is 10.0. The quantitative estimate of drug-likeness (QED) is 0.685. The molecule has 0 saturated heterocycles. The van der Waals surface area contributed by atoms with Crippen molar-refractivity contribution in [1.29, 1.82) is 0 Å². The SMILES string of the molecule is CCC(C)(C)NC(=O)[C@@H](C)Sc1n[nH]c(-c2ccc(OC)cc2OC)n1. The number of amides is 1. The topological polar surface area (TPSA) is 89.1 Å². The molecule has 0 fully saturated rings. The molecule has 0 spiro atoms. The van der Waals surface area contributed by atoms with E-state index in [0.717, 1.165) is 12.0 Å². The van der Waals surface area contributed by atoms with Crippen molar-refractivity contribution in [3.8, 4) is 22.9 Å². The lowest BCUT2D eigenvalue weighted by Gasteiger charge is -2.26. The van der Waals surface area contributed by atoms with Crippen LogP contribution in [0.25, 0.3) is 11.4 Å². The average molecular weight is 378 g/mol. The fourth-order valence-corrected chi connectivity index (χ4v) is 2.87. The maximum atomic E-state index is 12.3. The number of ether oxygens (including phenoxy) is 2. The molecule has 142 valence electrons. The Labute approximate surface area is 158 Å². The van der Waals surface area contributed by atoms with E-state index in [9.17, 15) is 4.79 Å². The monoisotopic (exact) mass is 378 g/mol. The molecule has 1 aromatic carbocycles. The second-order valence-electron chi connectivity index (χ2n) is 6.52. The number of benzene rings is 1. The van der Waals surface area contributed by atoms with Gasteiger partial charge in [0.1, 0.15) is 11.5 Å². The third-order valence-electron chi connectivity index (χ3n) is 4.13. The number of thioether (sulfide) groups is 1. The highest BCUT2D eigenvalue weighted by Crippen LogP contribution is 2.32. The molecule has 1 aromatic heterocycles. The van der Waals surface area contributed by atoms with Crippen molar-refractivity contribution in [2.45, 2.75) is 50.1 Å². The van der Waals surface area contributed by atoms with Gasteiger partial charge in [0.25, 0.3) is 0 Å². The van der Waals surface area contributed by atoms with Crippen LogP contribution in [0.5, 0.6) is 11.5 Å². The Morgan fingerprint density at radius 2 is 2.08 bits per heavy atom. The third-order valence-corrected chi connectivity index (χ3v) is 5.09. The molecule has 7 nitrogen and oxygen atoms in total. The van der Waals surface area contributed by atoms with Gasteiger partial charge in [0.05, 0.1) is 25.0 Å². The summed E-state index contributed by atoms with van der Waals surface area (Å²) in [7, 11) is 3.19. The van der Waals surface area contributed by atoms with Crippen molar-refractivity contribution in [1.82, 2.24) is 20.5 Å². The number of hydrogen-bond acceptors (Lipinski definition) is 6. The molecule has 1 heterocycles. The van der Waals surface area contributed by atoms with E-state index in [-0.39, 0.29) is 16.7 Å². The van der Waals surface area contributed by atoms with Gasteiger partial charge in [-0.05, 0) is 39.3 Å². The second-order valence-corrected chi connectivity index (χ2v) is 7.83. The summed E-state index contributed by atoms with van der Waals surface area (Å²) in [6, 6.07) is 5.47. The largest absolute Gasteiger partial charge is 0.497 e. The van der Waals surface area contributed by atoms with Gasteiger partial charge in [-0.25, -0.2) is 4.98 Å². The fraction of sp³-hybridized carbons (Fsp3) is 0.500. The number of hydrogen-bond donors (Lipinski definition) is 2. The van der Waals surface area contributed by atoms with E-state index in [1.54, 1.807) is 20.3 Å². The third kappa shape index (κ3) is 4.91. The van der Waals surface area contributed by atoms with E-state index in [0.29, 0.717) is 22.5 Å². The van der Waals surface area contributed by atoms with Crippen molar-refractivity contribution in [3.05, 3.63) is 18.2 Å². The molecular formula is C18H26N4O3S. The highest BCUT2D eigenvalue weighted by Gasteiger charge is 2.24. The molecule has 0 radical (unpaired) electrons. The van der Waals surface area contributed by atoms with Crippen LogP contribution in [-0.4, -0.2) is 46.1 Å². The minimum Gasteiger partial charge on any atom is -0.497 e.